The normalized spacial score (nSPS) is 18.9. The molecule has 2 aliphatic heterocycles. The van der Waals surface area contributed by atoms with E-state index in [0.717, 1.165) is 26.2 Å². The zero-order chi connectivity index (χ0) is 24.1. The van der Waals surface area contributed by atoms with Gasteiger partial charge in [0.25, 0.3) is 5.69 Å². The summed E-state index contributed by atoms with van der Waals surface area (Å²) < 4.78 is 21.2. The number of hydrazone groups is 1. The summed E-state index contributed by atoms with van der Waals surface area (Å²) in [5.74, 6) is 0. The van der Waals surface area contributed by atoms with Crippen LogP contribution in [0.3, 0.4) is 0 Å². The highest BCUT2D eigenvalue weighted by Gasteiger charge is 2.45. The molecule has 1 N–H and O–H groups in total. The first-order valence-corrected chi connectivity index (χ1v) is 13.1. The van der Waals surface area contributed by atoms with Gasteiger partial charge in [0.15, 0.2) is 0 Å². The maximum Gasteiger partial charge on any atom is 0.288 e. The van der Waals surface area contributed by atoms with Crippen molar-refractivity contribution in [2.24, 2.45) is 9.85 Å². The average molecular weight is 517 g/mol. The molecule has 2 fully saturated rings. The fourth-order valence-electron chi connectivity index (χ4n) is 4.03. The minimum absolute atomic E-state index is 0.0754. The number of nitrogens with zero attached hydrogens (tertiary/aromatic N) is 5. The van der Waals surface area contributed by atoms with Crippen molar-refractivity contribution in [1.29, 1.82) is 0 Å². The molecule has 0 bridgehead atoms. The van der Waals surface area contributed by atoms with E-state index in [1.807, 2.05) is 0 Å². The summed E-state index contributed by atoms with van der Waals surface area (Å²) in [6.07, 6.45) is 1.46. The van der Waals surface area contributed by atoms with E-state index in [-0.39, 0.29) is 21.0 Å². The SMILES string of the molecule is CC(C)(C)P(=NC(=S)N/N=C/c1ccc(Cl)c([N+](=O)[O-])c1)(N1CCOCC1)N1CCOCC1. The number of ether oxygens (including phenoxy) is 2. The van der Waals surface area contributed by atoms with E-state index in [2.05, 4.69) is 40.6 Å². The molecule has 2 aliphatic rings. The van der Waals surface area contributed by atoms with Crippen molar-refractivity contribution in [3.63, 3.8) is 0 Å². The van der Waals surface area contributed by atoms with E-state index in [1.54, 1.807) is 6.07 Å². The molecule has 1 aromatic rings. The van der Waals surface area contributed by atoms with E-state index in [1.165, 1.54) is 18.3 Å². The van der Waals surface area contributed by atoms with Crippen LogP contribution in [0.2, 0.25) is 5.02 Å². The molecule has 182 valence electrons. The number of thiocarbonyl (C=S) groups is 1. The van der Waals surface area contributed by atoms with Gasteiger partial charge >= 0.3 is 0 Å². The highest BCUT2D eigenvalue weighted by molar-refractivity contribution is 7.81. The number of morpholine rings is 2. The van der Waals surface area contributed by atoms with Crippen molar-refractivity contribution in [2.45, 2.75) is 25.9 Å². The summed E-state index contributed by atoms with van der Waals surface area (Å²) in [6.45, 7) is 12.4. The van der Waals surface area contributed by atoms with Gasteiger partial charge in [0, 0.05) is 43.0 Å². The van der Waals surface area contributed by atoms with Gasteiger partial charge in [-0.2, -0.15) is 5.10 Å². The number of nitro groups is 1. The van der Waals surface area contributed by atoms with Crippen molar-refractivity contribution in [3.05, 3.63) is 38.9 Å². The Bertz CT molecular complexity index is 936. The number of benzene rings is 1. The first-order valence-electron chi connectivity index (χ1n) is 10.7. The Morgan fingerprint density at radius 2 is 1.73 bits per heavy atom. The maximum atomic E-state index is 11.1. The summed E-state index contributed by atoms with van der Waals surface area (Å²) in [5.41, 5.74) is 3.19. The molecule has 33 heavy (non-hydrogen) atoms. The van der Waals surface area contributed by atoms with Gasteiger partial charge in [-0.25, -0.2) is 4.74 Å². The van der Waals surface area contributed by atoms with Crippen molar-refractivity contribution in [3.8, 4) is 0 Å². The summed E-state index contributed by atoms with van der Waals surface area (Å²) >= 11 is 11.5. The zero-order valence-corrected chi connectivity index (χ0v) is 21.5. The van der Waals surface area contributed by atoms with Crippen LogP contribution < -0.4 is 5.43 Å². The largest absolute Gasteiger partial charge is 0.379 e. The van der Waals surface area contributed by atoms with Crippen molar-refractivity contribution >= 4 is 48.2 Å². The second kappa shape index (κ2) is 11.3. The maximum absolute atomic E-state index is 11.1. The van der Waals surface area contributed by atoms with Gasteiger partial charge in [0.2, 0.25) is 5.11 Å². The van der Waals surface area contributed by atoms with Crippen molar-refractivity contribution < 1.29 is 14.4 Å². The molecular formula is C20H30ClN6O4PS. The van der Waals surface area contributed by atoms with Gasteiger partial charge in [-0.05, 0) is 18.3 Å². The van der Waals surface area contributed by atoms with Gasteiger partial charge in [-0.15, -0.1) is 0 Å². The predicted octanol–water partition coefficient (Wildman–Crippen LogP) is 3.95. The molecule has 1 aromatic carbocycles. The number of hydrogen-bond acceptors (Lipinski definition) is 6. The van der Waals surface area contributed by atoms with E-state index in [9.17, 15) is 10.1 Å². The zero-order valence-electron chi connectivity index (χ0n) is 19.1. The molecule has 2 heterocycles. The first kappa shape index (κ1) is 26.2. The Kier molecular flexibility index (Phi) is 8.96. The third-order valence-corrected chi connectivity index (χ3v) is 10.7. The van der Waals surface area contributed by atoms with Crippen LogP contribution in [0.1, 0.15) is 26.3 Å². The number of halogens is 1. The Labute approximate surface area is 204 Å². The van der Waals surface area contributed by atoms with Crippen LogP contribution in [0, 0.1) is 10.1 Å². The van der Waals surface area contributed by atoms with Crippen molar-refractivity contribution in [2.75, 3.05) is 52.6 Å². The monoisotopic (exact) mass is 516 g/mol. The second-order valence-electron chi connectivity index (χ2n) is 8.61. The lowest BCUT2D eigenvalue weighted by atomic mass is 10.2. The van der Waals surface area contributed by atoms with E-state index >= 15 is 0 Å². The van der Waals surface area contributed by atoms with Crippen molar-refractivity contribution in [1.82, 2.24) is 14.8 Å². The Balaban J connectivity index is 1.90. The lowest BCUT2D eigenvalue weighted by Gasteiger charge is -2.52. The lowest BCUT2D eigenvalue weighted by Crippen LogP contribution is -2.48. The smallest absolute Gasteiger partial charge is 0.288 e. The van der Waals surface area contributed by atoms with Crippen LogP contribution >= 0.6 is 31.2 Å². The van der Waals surface area contributed by atoms with Gasteiger partial charge in [-0.1, -0.05) is 38.4 Å². The fraction of sp³-hybridized carbons (Fsp3) is 0.600. The second-order valence-corrected chi connectivity index (χ2v) is 13.2. The lowest BCUT2D eigenvalue weighted by molar-refractivity contribution is -0.384. The third-order valence-electron chi connectivity index (χ3n) is 5.43. The fourth-order valence-corrected chi connectivity index (χ4v) is 8.96. The van der Waals surface area contributed by atoms with Crippen LogP contribution in [0.4, 0.5) is 5.69 Å². The summed E-state index contributed by atoms with van der Waals surface area (Å²) in [7, 11) is -2.28. The Hall–Kier alpha value is -1.46. The minimum Gasteiger partial charge on any atom is -0.379 e. The van der Waals surface area contributed by atoms with Crippen LogP contribution in [0.15, 0.2) is 28.0 Å². The highest BCUT2D eigenvalue weighted by Crippen LogP contribution is 2.66. The number of hydrogen-bond donors (Lipinski definition) is 1. The minimum atomic E-state index is -2.28. The number of nitro benzene ring substituents is 1. The Morgan fingerprint density at radius 1 is 1.18 bits per heavy atom. The molecule has 0 aliphatic carbocycles. The molecule has 0 aromatic heterocycles. The number of nitrogens with one attached hydrogen (secondary N) is 1. The molecule has 0 saturated carbocycles. The molecule has 10 nitrogen and oxygen atoms in total. The van der Waals surface area contributed by atoms with Crippen LogP contribution in [-0.4, -0.2) is 83.4 Å². The molecule has 0 spiro atoms. The third kappa shape index (κ3) is 6.16. The van der Waals surface area contributed by atoms with Gasteiger partial charge in [0.1, 0.15) is 12.4 Å². The van der Waals surface area contributed by atoms with Gasteiger partial charge < -0.3 is 9.47 Å². The molecule has 0 radical (unpaired) electrons. The molecule has 2 saturated heterocycles. The predicted molar refractivity (Wildman–Crippen MR) is 135 cm³/mol. The molecule has 3 rings (SSSR count). The van der Waals surface area contributed by atoms with Gasteiger partial charge in [-0.3, -0.25) is 24.9 Å². The van der Waals surface area contributed by atoms with Crippen LogP contribution in [-0.2, 0) is 9.47 Å². The summed E-state index contributed by atoms with van der Waals surface area (Å²) in [4.78, 5) is 10.6. The molecule has 13 heteroatoms. The standard InChI is InChI=1S/C20H30ClN6O4PS/c1-20(2,3)32(25-6-10-30-11-7-25,26-8-12-31-13-9-26)24-19(33)23-22-15-16-4-5-17(21)18(14-16)27(28)29/h4-5,14-15H,6-13H2,1-3H3,(H,23,33)/b22-15+. The molecule has 0 unspecified atom stereocenters. The van der Waals surface area contributed by atoms with E-state index < -0.39 is 12.3 Å². The highest BCUT2D eigenvalue weighted by atomic mass is 35.5. The van der Waals surface area contributed by atoms with E-state index in [4.69, 9.17) is 38.0 Å². The van der Waals surface area contributed by atoms with Gasteiger partial charge in [0.05, 0.1) is 37.6 Å². The molecular weight excluding hydrogens is 487 g/mol. The number of rotatable bonds is 5. The Morgan fingerprint density at radius 3 is 2.21 bits per heavy atom. The quantitative estimate of drug-likeness (QED) is 0.206. The molecule has 0 atom stereocenters. The molecule has 0 amide bonds. The van der Waals surface area contributed by atoms with Crippen LogP contribution in [0.5, 0.6) is 0 Å². The first-order chi connectivity index (χ1) is 15.6. The summed E-state index contributed by atoms with van der Waals surface area (Å²) in [6, 6.07) is 4.48. The van der Waals surface area contributed by atoms with Crippen LogP contribution in [0.25, 0.3) is 0 Å². The average Bonchev–Trinajstić information content (AvgIpc) is 2.78. The topological polar surface area (TPSA) is 105 Å². The van der Waals surface area contributed by atoms with E-state index in [0.29, 0.717) is 32.0 Å². The summed E-state index contributed by atoms with van der Waals surface area (Å²) in [5, 5.41) is 15.5.